The first kappa shape index (κ1) is 12.2. The van der Waals surface area contributed by atoms with E-state index in [1.54, 1.807) is 0 Å². The Hall–Kier alpha value is -1.80. The van der Waals surface area contributed by atoms with Gasteiger partial charge >= 0.3 is 0 Å². The van der Waals surface area contributed by atoms with Crippen molar-refractivity contribution in [2.45, 2.75) is 31.8 Å². The average Bonchev–Trinajstić information content (AvgIpc) is 2.61. The summed E-state index contributed by atoms with van der Waals surface area (Å²) >= 11 is 0. The first-order valence-corrected chi connectivity index (χ1v) is 6.62. The van der Waals surface area contributed by atoms with Crippen molar-refractivity contribution in [1.29, 1.82) is 0 Å². The molecule has 98 valence electrons. The van der Waals surface area contributed by atoms with Gasteiger partial charge in [0.2, 0.25) is 0 Å². The van der Waals surface area contributed by atoms with E-state index in [9.17, 15) is 5.11 Å². The Kier molecular flexibility index (Phi) is 2.83. The highest BCUT2D eigenvalue weighted by atomic mass is 16.5. The molecule has 2 aromatic carbocycles. The molecule has 1 aliphatic rings. The molecule has 1 aliphatic carbocycles. The first-order chi connectivity index (χ1) is 9.06. The third-order valence-corrected chi connectivity index (χ3v) is 3.79. The summed E-state index contributed by atoms with van der Waals surface area (Å²) in [4.78, 5) is 0. The monoisotopic (exact) mass is 254 g/mol. The molecule has 0 aliphatic heterocycles. The maximum absolute atomic E-state index is 10.2. The van der Waals surface area contributed by atoms with Crippen molar-refractivity contribution in [2.24, 2.45) is 0 Å². The Morgan fingerprint density at radius 1 is 1.05 bits per heavy atom. The van der Waals surface area contributed by atoms with E-state index >= 15 is 0 Å². The van der Waals surface area contributed by atoms with Crippen LogP contribution in [0.3, 0.4) is 0 Å². The van der Waals surface area contributed by atoms with E-state index in [0.29, 0.717) is 0 Å². The zero-order valence-corrected chi connectivity index (χ0v) is 11.3. The Morgan fingerprint density at radius 3 is 2.53 bits per heavy atom. The minimum atomic E-state index is -0.385. The van der Waals surface area contributed by atoms with E-state index in [4.69, 9.17) is 4.74 Å². The van der Waals surface area contributed by atoms with Crippen molar-refractivity contribution in [2.75, 3.05) is 0 Å². The van der Waals surface area contributed by atoms with Crippen LogP contribution in [-0.2, 0) is 5.41 Å². The topological polar surface area (TPSA) is 29.5 Å². The van der Waals surface area contributed by atoms with Crippen molar-refractivity contribution in [3.05, 3.63) is 59.7 Å². The fourth-order valence-corrected chi connectivity index (χ4v) is 2.82. The van der Waals surface area contributed by atoms with Crippen molar-refractivity contribution in [3.63, 3.8) is 0 Å². The van der Waals surface area contributed by atoms with Gasteiger partial charge in [-0.25, -0.2) is 0 Å². The quantitative estimate of drug-likeness (QED) is 0.870. The Labute approximate surface area is 113 Å². The highest BCUT2D eigenvalue weighted by Gasteiger charge is 2.35. The Balaban J connectivity index is 1.93. The molecule has 0 unspecified atom stereocenters. The van der Waals surface area contributed by atoms with Gasteiger partial charge in [0.15, 0.2) is 0 Å². The zero-order valence-electron chi connectivity index (χ0n) is 11.3. The maximum atomic E-state index is 10.2. The molecule has 2 nitrogen and oxygen atoms in total. The molecule has 0 bridgehead atoms. The molecule has 1 atom stereocenters. The number of aliphatic hydroxyl groups excluding tert-OH is 1. The summed E-state index contributed by atoms with van der Waals surface area (Å²) < 4.78 is 5.81. The fraction of sp³-hybridized carbons (Fsp3) is 0.294. The first-order valence-electron chi connectivity index (χ1n) is 6.62. The second kappa shape index (κ2) is 4.39. The second-order valence-electron chi connectivity index (χ2n) is 5.77. The molecule has 0 spiro atoms. The Morgan fingerprint density at radius 2 is 1.79 bits per heavy atom. The molecule has 19 heavy (non-hydrogen) atoms. The highest BCUT2D eigenvalue weighted by Crippen LogP contribution is 2.45. The van der Waals surface area contributed by atoms with Gasteiger partial charge in [0.25, 0.3) is 0 Å². The summed E-state index contributed by atoms with van der Waals surface area (Å²) in [7, 11) is 0. The standard InChI is InChI=1S/C17H18O2/c1-17(2)11-16(18)14-10-13(8-9-15(14)17)19-12-6-4-3-5-7-12/h3-10,16,18H,11H2,1-2H3/t16-/m1/s1. The van der Waals surface area contributed by atoms with Crippen LogP contribution < -0.4 is 4.74 Å². The summed E-state index contributed by atoms with van der Waals surface area (Å²) in [6.45, 7) is 4.33. The third kappa shape index (κ3) is 2.24. The largest absolute Gasteiger partial charge is 0.457 e. The number of benzene rings is 2. The molecule has 0 radical (unpaired) electrons. The van der Waals surface area contributed by atoms with E-state index in [1.165, 1.54) is 5.56 Å². The SMILES string of the molecule is CC1(C)C[C@@H](O)c2cc(Oc3ccccc3)ccc21. The normalized spacial score (nSPS) is 20.1. The minimum Gasteiger partial charge on any atom is -0.457 e. The predicted molar refractivity (Wildman–Crippen MR) is 75.6 cm³/mol. The van der Waals surface area contributed by atoms with Crippen molar-refractivity contribution < 1.29 is 9.84 Å². The summed E-state index contributed by atoms with van der Waals surface area (Å²) in [5.74, 6) is 1.59. The fourth-order valence-electron chi connectivity index (χ4n) is 2.82. The minimum absolute atomic E-state index is 0.0417. The number of hydrogen-bond acceptors (Lipinski definition) is 2. The van der Waals surface area contributed by atoms with Crippen LogP contribution in [0.1, 0.15) is 37.5 Å². The van der Waals surface area contributed by atoms with Crippen LogP contribution in [0.2, 0.25) is 0 Å². The van der Waals surface area contributed by atoms with Crippen LogP contribution in [-0.4, -0.2) is 5.11 Å². The maximum Gasteiger partial charge on any atom is 0.127 e. The number of para-hydroxylation sites is 1. The van der Waals surface area contributed by atoms with Crippen LogP contribution in [0.25, 0.3) is 0 Å². The summed E-state index contributed by atoms with van der Waals surface area (Å²) in [6, 6.07) is 15.7. The van der Waals surface area contributed by atoms with Crippen LogP contribution in [0.15, 0.2) is 48.5 Å². The number of aliphatic hydroxyl groups is 1. The van der Waals surface area contributed by atoms with E-state index < -0.39 is 0 Å². The molecular weight excluding hydrogens is 236 g/mol. The molecule has 0 heterocycles. The highest BCUT2D eigenvalue weighted by molar-refractivity contribution is 5.46. The smallest absolute Gasteiger partial charge is 0.127 e. The van der Waals surface area contributed by atoms with Crippen molar-refractivity contribution in [3.8, 4) is 11.5 Å². The van der Waals surface area contributed by atoms with Gasteiger partial charge in [0.1, 0.15) is 11.5 Å². The van der Waals surface area contributed by atoms with E-state index in [0.717, 1.165) is 23.5 Å². The molecule has 2 heteroatoms. The zero-order chi connectivity index (χ0) is 13.5. The van der Waals surface area contributed by atoms with Crippen LogP contribution in [0.4, 0.5) is 0 Å². The third-order valence-electron chi connectivity index (χ3n) is 3.79. The molecular formula is C17H18O2. The average molecular weight is 254 g/mol. The van der Waals surface area contributed by atoms with Crippen LogP contribution in [0.5, 0.6) is 11.5 Å². The molecule has 0 fully saturated rings. The second-order valence-corrected chi connectivity index (χ2v) is 5.77. The molecule has 3 rings (SSSR count). The molecule has 0 amide bonds. The molecule has 1 N–H and O–H groups in total. The van der Waals surface area contributed by atoms with Gasteiger partial charge in [-0.05, 0) is 47.2 Å². The number of fused-ring (bicyclic) bond motifs is 1. The van der Waals surface area contributed by atoms with Crippen molar-refractivity contribution >= 4 is 0 Å². The van der Waals surface area contributed by atoms with Gasteiger partial charge in [-0.1, -0.05) is 38.1 Å². The van der Waals surface area contributed by atoms with Gasteiger partial charge in [0, 0.05) is 0 Å². The van der Waals surface area contributed by atoms with E-state index in [-0.39, 0.29) is 11.5 Å². The van der Waals surface area contributed by atoms with Gasteiger partial charge in [-0.3, -0.25) is 0 Å². The predicted octanol–water partition coefficient (Wildman–Crippen LogP) is 4.19. The molecule has 2 aromatic rings. The molecule has 0 aromatic heterocycles. The van der Waals surface area contributed by atoms with Gasteiger partial charge in [-0.2, -0.15) is 0 Å². The number of hydrogen-bond donors (Lipinski definition) is 1. The summed E-state index contributed by atoms with van der Waals surface area (Å²) in [5, 5.41) is 10.2. The van der Waals surface area contributed by atoms with Gasteiger partial charge in [-0.15, -0.1) is 0 Å². The van der Waals surface area contributed by atoms with Gasteiger partial charge in [0.05, 0.1) is 6.10 Å². The lowest BCUT2D eigenvalue weighted by atomic mass is 9.86. The van der Waals surface area contributed by atoms with E-state index in [2.05, 4.69) is 19.9 Å². The van der Waals surface area contributed by atoms with E-state index in [1.807, 2.05) is 42.5 Å². The number of rotatable bonds is 2. The summed E-state index contributed by atoms with van der Waals surface area (Å²) in [5.41, 5.74) is 2.26. The Bertz CT molecular complexity index is 587. The van der Waals surface area contributed by atoms with Crippen LogP contribution in [0, 0.1) is 0 Å². The number of ether oxygens (including phenoxy) is 1. The lowest BCUT2D eigenvalue weighted by molar-refractivity contribution is 0.161. The van der Waals surface area contributed by atoms with Crippen LogP contribution >= 0.6 is 0 Å². The molecule has 0 saturated heterocycles. The van der Waals surface area contributed by atoms with Crippen molar-refractivity contribution in [1.82, 2.24) is 0 Å². The lowest BCUT2D eigenvalue weighted by Crippen LogP contribution is -2.12. The van der Waals surface area contributed by atoms with Gasteiger partial charge < -0.3 is 9.84 Å². The summed E-state index contributed by atoms with van der Waals surface area (Å²) in [6.07, 6.45) is 0.390. The molecule has 0 saturated carbocycles. The lowest BCUT2D eigenvalue weighted by Gasteiger charge is -2.18.